The number of carbonyl (C=O) groups is 1. The molecule has 0 unspecified atom stereocenters. The summed E-state index contributed by atoms with van der Waals surface area (Å²) in [6.45, 7) is 2.85. The van der Waals surface area contributed by atoms with Crippen LogP contribution in [0.5, 0.6) is 0 Å². The highest BCUT2D eigenvalue weighted by molar-refractivity contribution is 6.30. The van der Waals surface area contributed by atoms with Crippen LogP contribution < -0.4 is 5.32 Å². The maximum absolute atomic E-state index is 11.9. The minimum atomic E-state index is -0.0919. The molecule has 2 heterocycles. The lowest BCUT2D eigenvalue weighted by atomic mass is 10.2. The molecule has 8 heteroatoms. The molecule has 1 fully saturated rings. The Morgan fingerprint density at radius 2 is 1.96 bits per heavy atom. The Morgan fingerprint density at radius 1 is 1.22 bits per heavy atom. The molecule has 7 nitrogen and oxygen atoms in total. The molecule has 0 radical (unpaired) electrons. The molecule has 1 aliphatic heterocycles. The minimum absolute atomic E-state index is 0.0919. The third-order valence-electron chi connectivity index (χ3n) is 3.47. The smallest absolute Gasteiger partial charge is 0.317 e. The summed E-state index contributed by atoms with van der Waals surface area (Å²) in [5, 5.41) is 11.5. The Balaban J connectivity index is 1.49. The summed E-state index contributed by atoms with van der Waals surface area (Å²) < 4.78 is 10.8. The third kappa shape index (κ3) is 4.20. The summed E-state index contributed by atoms with van der Waals surface area (Å²) in [5.41, 5.74) is 0.811. The second-order valence-corrected chi connectivity index (χ2v) is 5.53. The second-order valence-electron chi connectivity index (χ2n) is 5.09. The monoisotopic (exact) mass is 336 g/mol. The van der Waals surface area contributed by atoms with E-state index in [0.717, 1.165) is 5.56 Å². The van der Waals surface area contributed by atoms with Gasteiger partial charge in [0.2, 0.25) is 11.8 Å². The largest absolute Gasteiger partial charge is 0.421 e. The van der Waals surface area contributed by atoms with E-state index in [1.165, 1.54) is 0 Å². The van der Waals surface area contributed by atoms with Crippen molar-refractivity contribution in [3.8, 4) is 11.5 Å². The van der Waals surface area contributed by atoms with E-state index in [2.05, 4.69) is 15.5 Å². The van der Waals surface area contributed by atoms with Gasteiger partial charge in [-0.05, 0) is 24.3 Å². The van der Waals surface area contributed by atoms with Crippen molar-refractivity contribution in [1.29, 1.82) is 0 Å². The summed E-state index contributed by atoms with van der Waals surface area (Å²) in [4.78, 5) is 13.7. The predicted octanol–water partition coefficient (Wildman–Crippen LogP) is 1.97. The highest BCUT2D eigenvalue weighted by atomic mass is 35.5. The topological polar surface area (TPSA) is 80.5 Å². The molecule has 0 aliphatic carbocycles. The van der Waals surface area contributed by atoms with Gasteiger partial charge in [0.25, 0.3) is 0 Å². The molecular formula is C15H17ClN4O3. The van der Waals surface area contributed by atoms with Crippen LogP contribution in [0.25, 0.3) is 11.5 Å². The van der Waals surface area contributed by atoms with E-state index in [-0.39, 0.29) is 6.03 Å². The summed E-state index contributed by atoms with van der Waals surface area (Å²) in [6.07, 6.45) is 0.483. The molecule has 0 spiro atoms. The maximum atomic E-state index is 11.9. The fourth-order valence-corrected chi connectivity index (χ4v) is 2.34. The van der Waals surface area contributed by atoms with Crippen LogP contribution in [0.2, 0.25) is 5.02 Å². The van der Waals surface area contributed by atoms with Gasteiger partial charge in [-0.1, -0.05) is 11.6 Å². The van der Waals surface area contributed by atoms with Gasteiger partial charge in [-0.15, -0.1) is 10.2 Å². The number of nitrogens with one attached hydrogen (secondary N) is 1. The van der Waals surface area contributed by atoms with Crippen LogP contribution in [0.3, 0.4) is 0 Å². The number of benzene rings is 1. The molecular weight excluding hydrogens is 320 g/mol. The molecule has 1 aromatic carbocycles. The molecule has 1 aliphatic rings. The number of aromatic nitrogens is 2. The van der Waals surface area contributed by atoms with Crippen LogP contribution in [-0.2, 0) is 11.2 Å². The molecule has 1 saturated heterocycles. The molecule has 122 valence electrons. The fourth-order valence-electron chi connectivity index (χ4n) is 2.22. The van der Waals surface area contributed by atoms with Crippen molar-refractivity contribution in [1.82, 2.24) is 20.4 Å². The summed E-state index contributed by atoms with van der Waals surface area (Å²) in [7, 11) is 0. The van der Waals surface area contributed by atoms with Gasteiger partial charge in [-0.3, -0.25) is 0 Å². The number of ether oxygens (including phenoxy) is 1. The number of carbonyl (C=O) groups excluding carboxylic acids is 1. The first-order chi connectivity index (χ1) is 11.2. The van der Waals surface area contributed by atoms with Crippen molar-refractivity contribution < 1.29 is 13.9 Å². The Labute approximate surface area is 138 Å². The van der Waals surface area contributed by atoms with E-state index in [9.17, 15) is 4.79 Å². The average Bonchev–Trinajstić information content (AvgIpc) is 3.05. The van der Waals surface area contributed by atoms with E-state index in [1.807, 2.05) is 12.1 Å². The molecule has 0 saturated carbocycles. The predicted molar refractivity (Wildman–Crippen MR) is 84.2 cm³/mol. The Hall–Kier alpha value is -2.12. The van der Waals surface area contributed by atoms with E-state index < -0.39 is 0 Å². The number of nitrogens with zero attached hydrogens (tertiary/aromatic N) is 3. The summed E-state index contributed by atoms with van der Waals surface area (Å²) >= 11 is 5.85. The van der Waals surface area contributed by atoms with Gasteiger partial charge in [-0.2, -0.15) is 0 Å². The van der Waals surface area contributed by atoms with Crippen LogP contribution >= 0.6 is 11.6 Å². The second kappa shape index (κ2) is 7.43. The zero-order chi connectivity index (χ0) is 16.1. The van der Waals surface area contributed by atoms with Crippen LogP contribution in [0.1, 0.15) is 5.89 Å². The van der Waals surface area contributed by atoms with E-state index in [1.54, 1.807) is 17.0 Å². The number of hydrogen-bond donors (Lipinski definition) is 1. The first-order valence-electron chi connectivity index (χ1n) is 7.41. The first kappa shape index (κ1) is 15.8. The highest BCUT2D eigenvalue weighted by Gasteiger charge is 2.16. The molecule has 23 heavy (non-hydrogen) atoms. The number of hydrogen-bond acceptors (Lipinski definition) is 5. The van der Waals surface area contributed by atoms with Crippen molar-refractivity contribution in [3.05, 3.63) is 35.2 Å². The van der Waals surface area contributed by atoms with Crippen LogP contribution in [0.4, 0.5) is 4.79 Å². The first-order valence-corrected chi connectivity index (χ1v) is 7.79. The highest BCUT2D eigenvalue weighted by Crippen LogP contribution is 2.20. The van der Waals surface area contributed by atoms with Crippen molar-refractivity contribution in [2.75, 3.05) is 32.8 Å². The van der Waals surface area contributed by atoms with Crippen LogP contribution in [0, 0.1) is 0 Å². The van der Waals surface area contributed by atoms with Gasteiger partial charge < -0.3 is 19.4 Å². The lowest BCUT2D eigenvalue weighted by molar-refractivity contribution is 0.0532. The molecule has 3 rings (SSSR count). The van der Waals surface area contributed by atoms with Crippen molar-refractivity contribution in [3.63, 3.8) is 0 Å². The Morgan fingerprint density at radius 3 is 2.70 bits per heavy atom. The minimum Gasteiger partial charge on any atom is -0.421 e. The molecule has 0 bridgehead atoms. The van der Waals surface area contributed by atoms with Crippen LogP contribution in [0.15, 0.2) is 28.7 Å². The van der Waals surface area contributed by atoms with E-state index >= 15 is 0 Å². The fraction of sp³-hybridized carbons (Fsp3) is 0.400. The van der Waals surface area contributed by atoms with E-state index in [0.29, 0.717) is 56.1 Å². The van der Waals surface area contributed by atoms with Gasteiger partial charge in [-0.25, -0.2) is 4.79 Å². The normalized spacial score (nSPS) is 14.7. The summed E-state index contributed by atoms with van der Waals surface area (Å²) in [5.74, 6) is 0.924. The van der Waals surface area contributed by atoms with Crippen molar-refractivity contribution in [2.45, 2.75) is 6.42 Å². The van der Waals surface area contributed by atoms with Gasteiger partial charge in [0, 0.05) is 36.6 Å². The number of urea groups is 1. The SMILES string of the molecule is O=C(NCCc1nnc(-c2ccc(Cl)cc2)o1)N1CCOCC1. The molecule has 1 N–H and O–H groups in total. The quantitative estimate of drug-likeness (QED) is 0.923. The zero-order valence-corrected chi connectivity index (χ0v) is 13.3. The van der Waals surface area contributed by atoms with Gasteiger partial charge in [0.15, 0.2) is 0 Å². The maximum Gasteiger partial charge on any atom is 0.317 e. The number of halogens is 1. The lowest BCUT2D eigenvalue weighted by Gasteiger charge is -2.26. The van der Waals surface area contributed by atoms with Crippen LogP contribution in [-0.4, -0.2) is 54.0 Å². The van der Waals surface area contributed by atoms with Gasteiger partial charge >= 0.3 is 6.03 Å². The lowest BCUT2D eigenvalue weighted by Crippen LogP contribution is -2.46. The van der Waals surface area contributed by atoms with Gasteiger partial charge in [0.05, 0.1) is 13.2 Å². The molecule has 2 amide bonds. The molecule has 2 aromatic rings. The van der Waals surface area contributed by atoms with Gasteiger partial charge in [0.1, 0.15) is 0 Å². The molecule has 0 atom stereocenters. The Kier molecular flexibility index (Phi) is 5.09. The zero-order valence-electron chi connectivity index (χ0n) is 12.5. The van der Waals surface area contributed by atoms with E-state index in [4.69, 9.17) is 20.8 Å². The average molecular weight is 337 g/mol. The third-order valence-corrected chi connectivity index (χ3v) is 3.72. The van der Waals surface area contributed by atoms with Crippen molar-refractivity contribution in [2.24, 2.45) is 0 Å². The standard InChI is InChI=1S/C15H17ClN4O3/c16-12-3-1-11(2-4-12)14-19-18-13(23-14)5-6-17-15(21)20-7-9-22-10-8-20/h1-4H,5-10H2,(H,17,21). The number of amides is 2. The summed E-state index contributed by atoms with van der Waals surface area (Å²) in [6, 6.07) is 7.08. The van der Waals surface area contributed by atoms with Crippen molar-refractivity contribution >= 4 is 17.6 Å². The Bertz CT molecular complexity index is 653. The number of rotatable bonds is 4. The number of morpholine rings is 1. The molecule has 1 aromatic heterocycles.